The van der Waals surface area contributed by atoms with Crippen LogP contribution >= 0.6 is 21.6 Å². The largest absolute Gasteiger partial charge is 0.508 e. The number of rotatable bonds is 5. The summed E-state index contributed by atoms with van der Waals surface area (Å²) in [5.74, 6) is 0.967. The number of hydrogen-bond donors (Lipinski definition) is 2. The fraction of sp³-hybridized carbons (Fsp3) is 0.500. The van der Waals surface area contributed by atoms with Crippen molar-refractivity contribution in [2.45, 2.75) is 50.9 Å². The van der Waals surface area contributed by atoms with Crippen molar-refractivity contribution in [1.29, 1.82) is 0 Å². The lowest BCUT2D eigenvalue weighted by molar-refractivity contribution is 0.340. The van der Waals surface area contributed by atoms with Crippen LogP contribution in [-0.4, -0.2) is 25.0 Å². The first-order valence-electron chi connectivity index (χ1n) is 7.22. The van der Waals surface area contributed by atoms with E-state index in [1.54, 1.807) is 33.7 Å². The molecule has 0 spiro atoms. The summed E-state index contributed by atoms with van der Waals surface area (Å²) in [7, 11) is 3.40. The highest BCUT2D eigenvalue weighted by Gasteiger charge is 2.27. The molecule has 1 aromatic heterocycles. The Bertz CT molecular complexity index is 615. The molecule has 6 heteroatoms. The maximum absolute atomic E-state index is 9.32. The Kier molecular flexibility index (Phi) is 5.12. The molecule has 1 heterocycles. The van der Waals surface area contributed by atoms with E-state index in [0.29, 0.717) is 5.41 Å². The maximum atomic E-state index is 9.32. The number of aromatic hydroxyl groups is 1. The van der Waals surface area contributed by atoms with Crippen molar-refractivity contribution in [3.8, 4) is 17.1 Å². The average molecular weight is 338 g/mol. The van der Waals surface area contributed by atoms with E-state index >= 15 is 0 Å². The second-order valence-corrected chi connectivity index (χ2v) is 9.98. The molecule has 120 valence electrons. The van der Waals surface area contributed by atoms with E-state index in [2.05, 4.69) is 49.8 Å². The fourth-order valence-corrected chi connectivity index (χ4v) is 4.79. The zero-order valence-electron chi connectivity index (χ0n) is 13.7. The molecule has 0 bridgehead atoms. The minimum Gasteiger partial charge on any atom is -0.508 e. The van der Waals surface area contributed by atoms with E-state index in [0.717, 1.165) is 23.0 Å². The number of H-pyrrole nitrogens is 1. The minimum atomic E-state index is 0.155. The van der Waals surface area contributed by atoms with Gasteiger partial charge >= 0.3 is 0 Å². The van der Waals surface area contributed by atoms with Gasteiger partial charge in [0.1, 0.15) is 5.75 Å². The summed E-state index contributed by atoms with van der Waals surface area (Å²) in [5.41, 5.74) is 1.21. The molecule has 0 unspecified atom stereocenters. The molecule has 0 atom stereocenters. The van der Waals surface area contributed by atoms with Gasteiger partial charge in [-0.05, 0) is 60.7 Å². The van der Waals surface area contributed by atoms with Crippen LogP contribution in [0.1, 0.15) is 41.0 Å². The van der Waals surface area contributed by atoms with Crippen molar-refractivity contribution in [1.82, 2.24) is 15.2 Å². The summed E-state index contributed by atoms with van der Waals surface area (Å²) >= 11 is 0. The lowest BCUT2D eigenvalue weighted by Crippen LogP contribution is -2.22. The van der Waals surface area contributed by atoms with Gasteiger partial charge in [0.25, 0.3) is 0 Å². The second kappa shape index (κ2) is 6.54. The van der Waals surface area contributed by atoms with Gasteiger partial charge in [0.2, 0.25) is 5.16 Å². The average Bonchev–Trinajstić information content (AvgIpc) is 2.83. The normalized spacial score (nSPS) is 12.6. The quantitative estimate of drug-likeness (QED) is 0.740. The van der Waals surface area contributed by atoms with Crippen molar-refractivity contribution in [2.24, 2.45) is 5.41 Å². The molecule has 0 amide bonds. The van der Waals surface area contributed by atoms with Crippen molar-refractivity contribution in [3.63, 3.8) is 0 Å². The Hall–Kier alpha value is -1.14. The van der Waals surface area contributed by atoms with Crippen LogP contribution in [0.4, 0.5) is 0 Å². The molecule has 0 saturated heterocycles. The van der Waals surface area contributed by atoms with E-state index in [-0.39, 0.29) is 10.5 Å². The van der Waals surface area contributed by atoms with Crippen LogP contribution in [0.25, 0.3) is 11.4 Å². The summed E-state index contributed by atoms with van der Waals surface area (Å²) in [4.78, 5) is 4.50. The number of aromatic amines is 1. The van der Waals surface area contributed by atoms with Crippen LogP contribution in [0.5, 0.6) is 5.75 Å². The number of nitrogens with one attached hydrogen (secondary N) is 1. The topological polar surface area (TPSA) is 61.8 Å². The molecule has 0 saturated carbocycles. The second-order valence-electron chi connectivity index (χ2n) is 7.18. The van der Waals surface area contributed by atoms with Gasteiger partial charge in [0, 0.05) is 10.3 Å². The zero-order chi connectivity index (χ0) is 16.4. The van der Waals surface area contributed by atoms with E-state index in [4.69, 9.17) is 0 Å². The van der Waals surface area contributed by atoms with Gasteiger partial charge in [-0.2, -0.15) is 0 Å². The molecular weight excluding hydrogens is 314 g/mol. The first-order chi connectivity index (χ1) is 10.1. The van der Waals surface area contributed by atoms with E-state index in [1.165, 1.54) is 0 Å². The van der Waals surface area contributed by atoms with Crippen LogP contribution in [0.15, 0.2) is 29.4 Å². The molecular formula is C16H23N3OS2. The summed E-state index contributed by atoms with van der Waals surface area (Å²) in [6.45, 7) is 11.3. The molecule has 0 aliphatic heterocycles. The van der Waals surface area contributed by atoms with Crippen LogP contribution < -0.4 is 0 Å². The van der Waals surface area contributed by atoms with Gasteiger partial charge in [-0.3, -0.25) is 5.10 Å². The van der Waals surface area contributed by atoms with Gasteiger partial charge in [0.15, 0.2) is 5.82 Å². The molecule has 0 aliphatic carbocycles. The van der Waals surface area contributed by atoms with Gasteiger partial charge < -0.3 is 5.11 Å². The minimum absolute atomic E-state index is 0.155. The molecule has 2 N–H and O–H groups in total. The van der Waals surface area contributed by atoms with Crippen molar-refractivity contribution < 1.29 is 5.11 Å². The van der Waals surface area contributed by atoms with Gasteiger partial charge in [0.05, 0.1) is 0 Å². The van der Waals surface area contributed by atoms with Crippen molar-refractivity contribution in [2.75, 3.05) is 0 Å². The van der Waals surface area contributed by atoms with Crippen LogP contribution in [-0.2, 0) is 0 Å². The third kappa shape index (κ3) is 5.25. The number of phenolic OH excluding ortho intramolecular Hbond substituents is 1. The third-order valence-electron chi connectivity index (χ3n) is 2.90. The first-order valence-corrected chi connectivity index (χ1v) is 9.37. The van der Waals surface area contributed by atoms with E-state index in [9.17, 15) is 5.11 Å². The maximum Gasteiger partial charge on any atom is 0.219 e. The molecule has 2 rings (SSSR count). The monoisotopic (exact) mass is 337 g/mol. The Balaban J connectivity index is 1.99. The smallest absolute Gasteiger partial charge is 0.219 e. The van der Waals surface area contributed by atoms with Crippen molar-refractivity contribution >= 4 is 21.6 Å². The highest BCUT2D eigenvalue weighted by Crippen LogP contribution is 2.45. The lowest BCUT2D eigenvalue weighted by atomic mass is 9.86. The standard InChI is InChI=1S/C16H23N3OS2/c1-15(2,3)10-16(4,5)22-21-14-17-13(18-19-14)11-6-8-12(20)9-7-11/h6-9,20H,10H2,1-5H3,(H,17,18,19). The Morgan fingerprint density at radius 1 is 1.09 bits per heavy atom. The molecule has 1 aromatic carbocycles. The molecule has 2 aromatic rings. The summed E-state index contributed by atoms with van der Waals surface area (Å²) in [5, 5.41) is 17.3. The summed E-state index contributed by atoms with van der Waals surface area (Å²) in [6, 6.07) is 6.93. The predicted molar refractivity (Wildman–Crippen MR) is 95.1 cm³/mol. The van der Waals surface area contributed by atoms with Crippen molar-refractivity contribution in [3.05, 3.63) is 24.3 Å². The highest BCUT2D eigenvalue weighted by molar-refractivity contribution is 8.77. The summed E-state index contributed by atoms with van der Waals surface area (Å²) in [6.07, 6.45) is 1.12. The molecule has 0 fully saturated rings. The lowest BCUT2D eigenvalue weighted by Gasteiger charge is -2.30. The summed E-state index contributed by atoms with van der Waals surface area (Å²) < 4.78 is 0.155. The molecule has 0 aliphatic rings. The van der Waals surface area contributed by atoms with E-state index < -0.39 is 0 Å². The number of benzene rings is 1. The van der Waals surface area contributed by atoms with Gasteiger partial charge in [-0.25, -0.2) is 4.98 Å². The number of nitrogens with zero attached hydrogens (tertiary/aromatic N) is 2. The Labute approximate surface area is 139 Å². The SMILES string of the molecule is CC(C)(C)CC(C)(C)SSc1n[nH]c(-c2ccc(O)cc2)n1. The Morgan fingerprint density at radius 2 is 1.73 bits per heavy atom. The van der Waals surface area contributed by atoms with Gasteiger partial charge in [-0.1, -0.05) is 31.6 Å². The van der Waals surface area contributed by atoms with E-state index in [1.807, 2.05) is 12.1 Å². The van der Waals surface area contributed by atoms with Crippen LogP contribution in [0, 0.1) is 5.41 Å². The molecule has 4 nitrogen and oxygen atoms in total. The number of hydrogen-bond acceptors (Lipinski definition) is 5. The first kappa shape index (κ1) is 17.2. The number of aromatic nitrogens is 3. The third-order valence-corrected chi connectivity index (χ3v) is 5.96. The van der Waals surface area contributed by atoms with Crippen LogP contribution in [0.2, 0.25) is 0 Å². The molecule has 0 radical (unpaired) electrons. The van der Waals surface area contributed by atoms with Gasteiger partial charge in [-0.15, -0.1) is 5.10 Å². The number of phenols is 1. The fourth-order valence-electron chi connectivity index (χ4n) is 2.49. The highest BCUT2D eigenvalue weighted by atomic mass is 33.1. The van der Waals surface area contributed by atoms with Crippen LogP contribution in [0.3, 0.4) is 0 Å². The predicted octanol–water partition coefficient (Wildman–Crippen LogP) is 5.13. The zero-order valence-corrected chi connectivity index (χ0v) is 15.3. The Morgan fingerprint density at radius 3 is 2.32 bits per heavy atom. The molecule has 22 heavy (non-hydrogen) atoms.